The number of halogens is 2. The van der Waals surface area contributed by atoms with Crippen LogP contribution in [0.5, 0.6) is 11.5 Å². The van der Waals surface area contributed by atoms with Crippen molar-refractivity contribution < 1.29 is 14.3 Å². The van der Waals surface area contributed by atoms with Gasteiger partial charge in [0.1, 0.15) is 13.2 Å². The smallest absolute Gasteiger partial charge is 0.227 e. The molecule has 1 amide bonds. The second-order valence-corrected chi connectivity index (χ2v) is 5.83. The maximum atomic E-state index is 12.4. The molecule has 2 aliphatic heterocycles. The highest BCUT2D eigenvalue weighted by atomic mass is 35.5. The van der Waals surface area contributed by atoms with Crippen LogP contribution >= 0.6 is 24.0 Å². The lowest BCUT2D eigenvalue weighted by Gasteiger charge is -2.34. The van der Waals surface area contributed by atoms with Gasteiger partial charge in [-0.25, -0.2) is 0 Å². The minimum Gasteiger partial charge on any atom is -0.486 e. The van der Waals surface area contributed by atoms with Gasteiger partial charge in [0, 0.05) is 25.7 Å². The van der Waals surface area contributed by atoms with Crippen LogP contribution in [-0.4, -0.2) is 49.7 Å². The Bertz CT molecular complexity index is 554. The van der Waals surface area contributed by atoms with Crippen LogP contribution in [0.1, 0.15) is 12.5 Å². The molecule has 0 saturated carbocycles. The fourth-order valence-corrected chi connectivity index (χ4v) is 3.04. The Morgan fingerprint density at radius 1 is 1.41 bits per heavy atom. The Hall–Kier alpha value is -1.17. The fourth-order valence-electron chi connectivity index (χ4n) is 2.75. The van der Waals surface area contributed by atoms with Gasteiger partial charge < -0.3 is 19.7 Å². The lowest BCUT2D eigenvalue weighted by Crippen LogP contribution is -2.52. The monoisotopic (exact) mass is 346 g/mol. The van der Waals surface area contributed by atoms with Gasteiger partial charge in [-0.2, -0.15) is 0 Å². The van der Waals surface area contributed by atoms with Gasteiger partial charge in [-0.15, -0.1) is 12.4 Å². The summed E-state index contributed by atoms with van der Waals surface area (Å²) >= 11 is 6.21. The number of carbonyl (C=O) groups is 1. The van der Waals surface area contributed by atoms with Gasteiger partial charge in [0.25, 0.3) is 0 Å². The molecule has 1 saturated heterocycles. The van der Waals surface area contributed by atoms with Crippen molar-refractivity contribution in [1.82, 2.24) is 10.2 Å². The van der Waals surface area contributed by atoms with Crippen molar-refractivity contribution >= 4 is 29.9 Å². The molecule has 2 heterocycles. The molecular formula is C15H20Cl2N2O3. The van der Waals surface area contributed by atoms with Crippen molar-refractivity contribution in [1.29, 1.82) is 0 Å². The van der Waals surface area contributed by atoms with E-state index in [9.17, 15) is 4.79 Å². The molecule has 0 spiro atoms. The quantitative estimate of drug-likeness (QED) is 0.888. The topological polar surface area (TPSA) is 50.8 Å². The average Bonchev–Trinajstić information content (AvgIpc) is 2.47. The summed E-state index contributed by atoms with van der Waals surface area (Å²) in [5.41, 5.74) is 0.861. The number of nitrogens with zero attached hydrogens (tertiary/aromatic N) is 1. The molecule has 0 bridgehead atoms. The summed E-state index contributed by atoms with van der Waals surface area (Å²) in [4.78, 5) is 14.4. The van der Waals surface area contributed by atoms with Crippen LogP contribution < -0.4 is 14.8 Å². The zero-order valence-corrected chi connectivity index (χ0v) is 14.0. The van der Waals surface area contributed by atoms with Crippen LogP contribution in [0.15, 0.2) is 12.1 Å². The standard InChI is InChI=1S/C15H19ClN2O3.ClH/c1-10-9-17-2-3-18(10)14(19)8-11-6-12(16)15-13(7-11)20-4-5-21-15;/h6-7,10,17H,2-5,8-9H2,1H3;1H/t10-;/m0./s1. The molecule has 5 nitrogen and oxygen atoms in total. The Morgan fingerprint density at radius 3 is 2.95 bits per heavy atom. The first-order chi connectivity index (χ1) is 10.1. The predicted molar refractivity (Wildman–Crippen MR) is 87.4 cm³/mol. The third-order valence-corrected chi connectivity index (χ3v) is 4.11. The number of nitrogens with one attached hydrogen (secondary N) is 1. The molecular weight excluding hydrogens is 327 g/mol. The molecule has 0 radical (unpaired) electrons. The second-order valence-electron chi connectivity index (χ2n) is 5.42. The van der Waals surface area contributed by atoms with E-state index in [1.165, 1.54) is 0 Å². The van der Waals surface area contributed by atoms with Crippen molar-refractivity contribution in [3.8, 4) is 11.5 Å². The Balaban J connectivity index is 0.00000176. The summed E-state index contributed by atoms with van der Waals surface area (Å²) in [5.74, 6) is 1.33. The number of amides is 1. The summed E-state index contributed by atoms with van der Waals surface area (Å²) in [6.45, 7) is 5.50. The van der Waals surface area contributed by atoms with E-state index in [1.54, 1.807) is 6.07 Å². The molecule has 1 aromatic carbocycles. The van der Waals surface area contributed by atoms with E-state index in [2.05, 4.69) is 12.2 Å². The van der Waals surface area contributed by atoms with E-state index in [1.807, 2.05) is 11.0 Å². The number of piperazine rings is 1. The Morgan fingerprint density at radius 2 is 2.18 bits per heavy atom. The van der Waals surface area contributed by atoms with Crippen molar-refractivity contribution in [2.75, 3.05) is 32.8 Å². The van der Waals surface area contributed by atoms with Crippen molar-refractivity contribution in [3.63, 3.8) is 0 Å². The summed E-state index contributed by atoms with van der Waals surface area (Å²) in [6, 6.07) is 3.87. The number of rotatable bonds is 2. The number of benzene rings is 1. The molecule has 1 aromatic rings. The Labute approximate surface area is 141 Å². The van der Waals surface area contributed by atoms with Crippen LogP contribution in [-0.2, 0) is 11.2 Å². The zero-order chi connectivity index (χ0) is 14.8. The van der Waals surface area contributed by atoms with Crippen LogP contribution in [0, 0.1) is 0 Å². The molecule has 0 aromatic heterocycles. The Kier molecular flexibility index (Phi) is 5.78. The van der Waals surface area contributed by atoms with Crippen molar-refractivity contribution in [2.24, 2.45) is 0 Å². The first kappa shape index (κ1) is 17.2. The van der Waals surface area contributed by atoms with E-state index in [-0.39, 0.29) is 24.4 Å². The number of ether oxygens (including phenoxy) is 2. The van der Waals surface area contributed by atoms with Crippen LogP contribution in [0.3, 0.4) is 0 Å². The van der Waals surface area contributed by atoms with E-state index < -0.39 is 0 Å². The van der Waals surface area contributed by atoms with E-state index in [0.29, 0.717) is 36.2 Å². The molecule has 122 valence electrons. The largest absolute Gasteiger partial charge is 0.486 e. The molecule has 3 rings (SSSR count). The molecule has 7 heteroatoms. The summed E-state index contributed by atoms with van der Waals surface area (Å²) in [6.07, 6.45) is 0.334. The summed E-state index contributed by atoms with van der Waals surface area (Å²) < 4.78 is 11.0. The maximum absolute atomic E-state index is 12.4. The van der Waals surface area contributed by atoms with Crippen LogP contribution in [0.2, 0.25) is 5.02 Å². The molecule has 0 aliphatic carbocycles. The van der Waals surface area contributed by atoms with E-state index in [4.69, 9.17) is 21.1 Å². The predicted octanol–water partition coefficient (Wildman–Crippen LogP) is 1.90. The van der Waals surface area contributed by atoms with Crippen molar-refractivity contribution in [2.45, 2.75) is 19.4 Å². The SMILES string of the molecule is C[C@H]1CNCCN1C(=O)Cc1cc(Cl)c2c(c1)OCCO2.Cl. The lowest BCUT2D eigenvalue weighted by atomic mass is 10.1. The van der Waals surface area contributed by atoms with Gasteiger partial charge in [-0.1, -0.05) is 11.6 Å². The molecule has 1 N–H and O–H groups in total. The maximum Gasteiger partial charge on any atom is 0.227 e. The third kappa shape index (κ3) is 3.59. The second kappa shape index (κ2) is 7.40. The highest BCUT2D eigenvalue weighted by Crippen LogP contribution is 2.38. The van der Waals surface area contributed by atoms with Gasteiger partial charge in [-0.05, 0) is 24.6 Å². The van der Waals surface area contributed by atoms with Gasteiger partial charge >= 0.3 is 0 Å². The summed E-state index contributed by atoms with van der Waals surface area (Å²) in [7, 11) is 0. The van der Waals surface area contributed by atoms with Gasteiger partial charge in [-0.3, -0.25) is 4.79 Å². The average molecular weight is 347 g/mol. The minimum absolute atomic E-state index is 0. The zero-order valence-electron chi connectivity index (χ0n) is 12.4. The number of hydrogen-bond donors (Lipinski definition) is 1. The highest BCUT2D eigenvalue weighted by molar-refractivity contribution is 6.32. The fraction of sp³-hybridized carbons (Fsp3) is 0.533. The van der Waals surface area contributed by atoms with Crippen LogP contribution in [0.25, 0.3) is 0 Å². The normalized spacial score (nSPS) is 20.3. The van der Waals surface area contributed by atoms with Crippen molar-refractivity contribution in [3.05, 3.63) is 22.7 Å². The van der Waals surface area contributed by atoms with Gasteiger partial charge in [0.2, 0.25) is 5.91 Å². The van der Waals surface area contributed by atoms with E-state index in [0.717, 1.165) is 25.2 Å². The number of carbonyl (C=O) groups excluding carboxylic acids is 1. The van der Waals surface area contributed by atoms with Crippen LogP contribution in [0.4, 0.5) is 0 Å². The van der Waals surface area contributed by atoms with Gasteiger partial charge in [0.15, 0.2) is 11.5 Å². The first-order valence-corrected chi connectivity index (χ1v) is 7.61. The molecule has 1 fully saturated rings. The lowest BCUT2D eigenvalue weighted by molar-refractivity contribution is -0.133. The molecule has 22 heavy (non-hydrogen) atoms. The first-order valence-electron chi connectivity index (χ1n) is 7.23. The minimum atomic E-state index is 0. The van der Waals surface area contributed by atoms with Gasteiger partial charge in [0.05, 0.1) is 11.4 Å². The highest BCUT2D eigenvalue weighted by Gasteiger charge is 2.24. The number of hydrogen-bond acceptors (Lipinski definition) is 4. The molecule has 1 atom stereocenters. The van der Waals surface area contributed by atoms with E-state index >= 15 is 0 Å². The molecule has 2 aliphatic rings. The molecule has 0 unspecified atom stereocenters. The summed E-state index contributed by atoms with van der Waals surface area (Å²) in [5, 5.41) is 3.78. The third-order valence-electron chi connectivity index (χ3n) is 3.83. The number of fused-ring (bicyclic) bond motifs is 1.